The molecule has 1 aromatic rings. The van der Waals surface area contributed by atoms with Crippen LogP contribution in [0.5, 0.6) is 0 Å². The van der Waals surface area contributed by atoms with E-state index in [1.54, 1.807) is 17.9 Å². The lowest BCUT2D eigenvalue weighted by molar-refractivity contribution is 0.0295. The zero-order valence-electron chi connectivity index (χ0n) is 13.1. The number of rotatable bonds is 2. The fourth-order valence-corrected chi connectivity index (χ4v) is 3.78. The largest absolute Gasteiger partial charge is 0.444 e. The molecule has 2 heterocycles. The Labute approximate surface area is 137 Å². The van der Waals surface area contributed by atoms with Crippen LogP contribution in [0.3, 0.4) is 0 Å². The second-order valence-electron chi connectivity index (χ2n) is 6.25. The molecule has 0 aliphatic carbocycles. The summed E-state index contributed by atoms with van der Waals surface area (Å²) in [5.74, 6) is 0. The quantitative estimate of drug-likeness (QED) is 0.608. The fraction of sp³-hybridized carbons (Fsp3) is 0.643. The maximum atomic E-state index is 12.6. The molecule has 1 amide bonds. The summed E-state index contributed by atoms with van der Waals surface area (Å²) >= 11 is 5.88. The number of amides is 1. The Kier molecular flexibility index (Phi) is 5.07. The molecule has 1 saturated heterocycles. The van der Waals surface area contributed by atoms with Crippen molar-refractivity contribution < 1.29 is 13.7 Å². The van der Waals surface area contributed by atoms with E-state index < -0.39 is 16.4 Å². The molecule has 0 bridgehead atoms. The summed E-state index contributed by atoms with van der Waals surface area (Å²) in [6, 6.07) is 1.61. The minimum Gasteiger partial charge on any atom is -0.444 e. The van der Waals surface area contributed by atoms with Crippen LogP contribution in [0.15, 0.2) is 11.2 Å². The van der Waals surface area contributed by atoms with Gasteiger partial charge in [-0.25, -0.2) is 14.8 Å². The average molecular weight is 346 g/mol. The highest BCUT2D eigenvalue weighted by Crippen LogP contribution is 2.21. The van der Waals surface area contributed by atoms with Gasteiger partial charge >= 0.3 is 6.09 Å². The van der Waals surface area contributed by atoms with Gasteiger partial charge < -0.3 is 9.64 Å². The van der Waals surface area contributed by atoms with Crippen molar-refractivity contribution in [3.63, 3.8) is 0 Å². The maximum Gasteiger partial charge on any atom is 0.410 e. The highest BCUT2D eigenvalue weighted by atomic mass is 35.5. The Morgan fingerprint density at radius 1 is 1.45 bits per heavy atom. The standard InChI is InChI=1S/C14H20ClN3O3S/c1-9-7-11(15)17-12(16-9)22(20)10-5-6-18(8-10)13(19)21-14(2,3)4/h7,10H,5-6,8H2,1-4H3. The molecule has 0 N–H and O–H groups in total. The van der Waals surface area contributed by atoms with E-state index in [1.165, 1.54) is 0 Å². The monoisotopic (exact) mass is 345 g/mol. The summed E-state index contributed by atoms with van der Waals surface area (Å²) in [5.41, 5.74) is 0.131. The topological polar surface area (TPSA) is 72.4 Å². The molecule has 1 fully saturated rings. The van der Waals surface area contributed by atoms with Crippen LogP contribution >= 0.6 is 11.6 Å². The first-order chi connectivity index (χ1) is 10.2. The Morgan fingerprint density at radius 2 is 2.14 bits per heavy atom. The molecule has 0 saturated carbocycles. The first-order valence-corrected chi connectivity index (χ1v) is 8.64. The molecule has 2 rings (SSSR count). The molecule has 1 aliphatic heterocycles. The number of carbonyl (C=O) groups is 1. The highest BCUT2D eigenvalue weighted by molar-refractivity contribution is 7.85. The molecule has 1 aliphatic rings. The molecule has 8 heteroatoms. The van der Waals surface area contributed by atoms with Crippen molar-refractivity contribution in [3.05, 3.63) is 16.9 Å². The molecular formula is C14H20ClN3O3S. The maximum absolute atomic E-state index is 12.6. The van der Waals surface area contributed by atoms with Crippen molar-refractivity contribution in [1.82, 2.24) is 14.9 Å². The normalized spacial score (nSPS) is 20.0. The summed E-state index contributed by atoms with van der Waals surface area (Å²) in [7, 11) is -1.40. The third-order valence-corrected chi connectivity index (χ3v) is 4.81. The lowest BCUT2D eigenvalue weighted by atomic mass is 10.2. The van der Waals surface area contributed by atoms with Crippen molar-refractivity contribution in [2.24, 2.45) is 0 Å². The van der Waals surface area contributed by atoms with Crippen LogP contribution < -0.4 is 0 Å². The number of halogens is 1. The fourth-order valence-electron chi connectivity index (χ4n) is 2.14. The Hall–Kier alpha value is -1.21. The summed E-state index contributed by atoms with van der Waals surface area (Å²) < 4.78 is 17.9. The predicted octanol–water partition coefficient (Wildman–Crippen LogP) is 2.56. The van der Waals surface area contributed by atoms with Crippen molar-refractivity contribution >= 4 is 28.5 Å². The molecule has 2 unspecified atom stereocenters. The third-order valence-electron chi connectivity index (χ3n) is 3.08. The summed E-state index contributed by atoms with van der Waals surface area (Å²) in [6.07, 6.45) is 0.246. The molecule has 22 heavy (non-hydrogen) atoms. The molecular weight excluding hydrogens is 326 g/mol. The molecule has 0 radical (unpaired) electrons. The Bertz CT molecular complexity index is 583. The van der Waals surface area contributed by atoms with Crippen LogP contribution in [-0.2, 0) is 15.5 Å². The number of nitrogens with zero attached hydrogens (tertiary/aromatic N) is 3. The van der Waals surface area contributed by atoms with Crippen molar-refractivity contribution in [3.8, 4) is 0 Å². The summed E-state index contributed by atoms with van der Waals surface area (Å²) in [6.45, 7) is 8.12. The van der Waals surface area contributed by atoms with E-state index in [0.717, 1.165) is 0 Å². The highest BCUT2D eigenvalue weighted by Gasteiger charge is 2.34. The van der Waals surface area contributed by atoms with Crippen LogP contribution in [0.4, 0.5) is 4.79 Å². The molecule has 122 valence electrons. The van der Waals surface area contributed by atoms with E-state index in [9.17, 15) is 9.00 Å². The van der Waals surface area contributed by atoms with Crippen LogP contribution in [0.2, 0.25) is 5.15 Å². The Balaban J connectivity index is 2.03. The zero-order valence-corrected chi connectivity index (χ0v) is 14.7. The van der Waals surface area contributed by atoms with E-state index in [1.807, 2.05) is 20.8 Å². The van der Waals surface area contributed by atoms with Crippen LogP contribution in [0.25, 0.3) is 0 Å². The summed E-state index contributed by atoms with van der Waals surface area (Å²) in [5, 5.41) is 0.296. The minimum atomic E-state index is -1.40. The lowest BCUT2D eigenvalue weighted by Gasteiger charge is -2.24. The van der Waals surface area contributed by atoms with Crippen LogP contribution in [0, 0.1) is 6.92 Å². The smallest absolute Gasteiger partial charge is 0.410 e. The van der Waals surface area contributed by atoms with Crippen molar-refractivity contribution in [1.29, 1.82) is 0 Å². The van der Waals surface area contributed by atoms with Gasteiger partial charge in [-0.3, -0.25) is 4.21 Å². The van der Waals surface area contributed by atoms with Gasteiger partial charge in [0.05, 0.1) is 16.0 Å². The second-order valence-corrected chi connectivity index (χ2v) is 8.26. The zero-order chi connectivity index (χ0) is 16.5. The van der Waals surface area contributed by atoms with Crippen molar-refractivity contribution in [2.75, 3.05) is 13.1 Å². The predicted molar refractivity (Wildman–Crippen MR) is 84.4 cm³/mol. The van der Waals surface area contributed by atoms with Gasteiger partial charge in [0.2, 0.25) is 5.16 Å². The van der Waals surface area contributed by atoms with Crippen LogP contribution in [0.1, 0.15) is 32.9 Å². The second kappa shape index (κ2) is 6.50. The number of carbonyl (C=O) groups excluding carboxylic acids is 1. The van der Waals surface area contributed by atoms with Gasteiger partial charge in [-0.1, -0.05) is 11.6 Å². The SMILES string of the molecule is Cc1cc(Cl)nc(S(=O)C2CCN(C(=O)OC(C)(C)C)C2)n1. The van der Waals surface area contributed by atoms with Gasteiger partial charge in [0.25, 0.3) is 0 Å². The average Bonchev–Trinajstić information content (AvgIpc) is 2.84. The Morgan fingerprint density at radius 3 is 2.73 bits per heavy atom. The number of likely N-dealkylation sites (tertiary alicyclic amines) is 1. The first-order valence-electron chi connectivity index (χ1n) is 7.05. The summed E-state index contributed by atoms with van der Waals surface area (Å²) in [4.78, 5) is 21.8. The van der Waals surface area contributed by atoms with Gasteiger partial charge in [0.1, 0.15) is 10.8 Å². The molecule has 0 aromatic carbocycles. The molecule has 1 aromatic heterocycles. The number of aromatic nitrogens is 2. The first kappa shape index (κ1) is 17.1. The number of aryl methyl sites for hydroxylation is 1. The number of hydrogen-bond donors (Lipinski definition) is 0. The van der Waals surface area contributed by atoms with E-state index >= 15 is 0 Å². The molecule has 6 nitrogen and oxygen atoms in total. The van der Waals surface area contributed by atoms with Gasteiger partial charge in [-0.2, -0.15) is 0 Å². The number of hydrogen-bond acceptors (Lipinski definition) is 5. The van der Waals surface area contributed by atoms with Gasteiger partial charge in [0.15, 0.2) is 0 Å². The van der Waals surface area contributed by atoms with E-state index in [2.05, 4.69) is 9.97 Å². The molecule has 2 atom stereocenters. The van der Waals surface area contributed by atoms with Gasteiger partial charge in [0, 0.05) is 18.8 Å². The third kappa shape index (κ3) is 4.39. The van der Waals surface area contributed by atoms with Crippen LogP contribution in [-0.4, -0.2) is 49.1 Å². The number of ether oxygens (including phenoxy) is 1. The van der Waals surface area contributed by atoms with Gasteiger partial charge in [-0.05, 0) is 40.2 Å². The van der Waals surface area contributed by atoms with Gasteiger partial charge in [-0.15, -0.1) is 0 Å². The lowest BCUT2D eigenvalue weighted by Crippen LogP contribution is -2.36. The van der Waals surface area contributed by atoms with E-state index in [0.29, 0.717) is 25.2 Å². The molecule has 0 spiro atoms. The van der Waals surface area contributed by atoms with E-state index in [-0.39, 0.29) is 21.7 Å². The minimum absolute atomic E-state index is 0.203. The van der Waals surface area contributed by atoms with Crippen molar-refractivity contribution in [2.45, 2.75) is 50.1 Å². The van der Waals surface area contributed by atoms with E-state index in [4.69, 9.17) is 16.3 Å².